The number of nitrogens with one attached hydrogen (secondary N) is 1. The number of nitrogens with zero attached hydrogens (tertiary/aromatic N) is 5. The third kappa shape index (κ3) is 2.51. The van der Waals surface area contributed by atoms with Gasteiger partial charge in [0.15, 0.2) is 0 Å². The van der Waals surface area contributed by atoms with Gasteiger partial charge in [0.25, 0.3) is 5.65 Å². The molecule has 2 aromatic heterocycles. The Bertz CT molecular complexity index is 641. The van der Waals surface area contributed by atoms with Gasteiger partial charge in [0, 0.05) is 23.7 Å². The van der Waals surface area contributed by atoms with Crippen LogP contribution in [0, 0.1) is 24.0 Å². The maximum absolute atomic E-state index is 11.3. The summed E-state index contributed by atoms with van der Waals surface area (Å²) >= 11 is 5.62. The SMILES string of the molecule is Cc1c(NCCCCCl)c([N+](=O)[O-])c2nnnn2c1C. The van der Waals surface area contributed by atoms with E-state index in [1.807, 2.05) is 13.8 Å². The van der Waals surface area contributed by atoms with Crippen molar-refractivity contribution in [2.24, 2.45) is 0 Å². The Labute approximate surface area is 120 Å². The lowest BCUT2D eigenvalue weighted by atomic mass is 10.1. The predicted molar refractivity (Wildman–Crippen MR) is 75.4 cm³/mol. The lowest BCUT2D eigenvalue weighted by Gasteiger charge is -2.12. The number of rotatable bonds is 6. The minimum Gasteiger partial charge on any atom is -0.379 e. The van der Waals surface area contributed by atoms with Gasteiger partial charge >= 0.3 is 5.69 Å². The molecule has 2 rings (SSSR count). The molecule has 0 amide bonds. The van der Waals surface area contributed by atoms with E-state index in [1.54, 1.807) is 0 Å². The zero-order valence-corrected chi connectivity index (χ0v) is 12.0. The van der Waals surface area contributed by atoms with Crippen LogP contribution in [0.25, 0.3) is 5.65 Å². The Morgan fingerprint density at radius 3 is 2.80 bits per heavy atom. The molecule has 2 aromatic rings. The molecule has 0 bridgehead atoms. The van der Waals surface area contributed by atoms with Gasteiger partial charge in [-0.15, -0.1) is 16.7 Å². The number of fused-ring (bicyclic) bond motifs is 1. The van der Waals surface area contributed by atoms with Crippen LogP contribution in [0.3, 0.4) is 0 Å². The molecular formula is C11H15ClN6O2. The number of nitro groups is 1. The zero-order chi connectivity index (χ0) is 14.7. The molecule has 8 nitrogen and oxygen atoms in total. The highest BCUT2D eigenvalue weighted by Gasteiger charge is 2.26. The molecule has 0 aromatic carbocycles. The lowest BCUT2D eigenvalue weighted by Crippen LogP contribution is -2.10. The number of anilines is 1. The van der Waals surface area contributed by atoms with Crippen molar-refractivity contribution in [2.75, 3.05) is 17.7 Å². The van der Waals surface area contributed by atoms with Crippen LogP contribution < -0.4 is 5.32 Å². The Kier molecular flexibility index (Phi) is 4.33. The average molecular weight is 299 g/mol. The van der Waals surface area contributed by atoms with Crippen LogP contribution in [-0.2, 0) is 0 Å². The van der Waals surface area contributed by atoms with Crippen LogP contribution in [0.4, 0.5) is 11.4 Å². The Morgan fingerprint density at radius 1 is 1.40 bits per heavy atom. The van der Waals surface area contributed by atoms with Crippen molar-refractivity contribution in [3.05, 3.63) is 21.4 Å². The monoisotopic (exact) mass is 298 g/mol. The second-order valence-corrected chi connectivity index (χ2v) is 4.81. The van der Waals surface area contributed by atoms with Crippen molar-refractivity contribution in [1.82, 2.24) is 20.0 Å². The number of halogens is 1. The van der Waals surface area contributed by atoms with E-state index >= 15 is 0 Å². The molecule has 9 heteroatoms. The van der Waals surface area contributed by atoms with Crippen molar-refractivity contribution in [1.29, 1.82) is 0 Å². The summed E-state index contributed by atoms with van der Waals surface area (Å²) in [6.07, 6.45) is 1.70. The van der Waals surface area contributed by atoms with Crippen molar-refractivity contribution in [2.45, 2.75) is 26.7 Å². The molecule has 0 saturated heterocycles. The molecule has 20 heavy (non-hydrogen) atoms. The number of alkyl halides is 1. The van der Waals surface area contributed by atoms with E-state index in [0.29, 0.717) is 18.1 Å². The van der Waals surface area contributed by atoms with E-state index in [2.05, 4.69) is 20.8 Å². The second kappa shape index (κ2) is 6.00. The highest BCUT2D eigenvalue weighted by atomic mass is 35.5. The first-order chi connectivity index (χ1) is 9.57. The van der Waals surface area contributed by atoms with Gasteiger partial charge in [-0.1, -0.05) is 0 Å². The average Bonchev–Trinajstić information content (AvgIpc) is 2.88. The van der Waals surface area contributed by atoms with Crippen LogP contribution in [0.15, 0.2) is 0 Å². The number of unbranched alkanes of at least 4 members (excludes halogenated alkanes) is 1. The standard InChI is InChI=1S/C11H15ClN6O2/c1-7-8(2)17-11(14-15-16-17)10(18(19)20)9(7)13-6-4-3-5-12/h13H,3-6H2,1-2H3. The van der Waals surface area contributed by atoms with Gasteiger partial charge in [0.05, 0.1) is 4.92 Å². The van der Waals surface area contributed by atoms with Crippen molar-refractivity contribution in [3.63, 3.8) is 0 Å². The van der Waals surface area contributed by atoms with E-state index < -0.39 is 4.92 Å². The molecule has 2 heterocycles. The number of aromatic nitrogens is 4. The maximum Gasteiger partial charge on any atom is 0.338 e. The van der Waals surface area contributed by atoms with E-state index in [0.717, 1.165) is 24.1 Å². The Balaban J connectivity index is 2.47. The molecule has 0 aliphatic heterocycles. The normalized spacial score (nSPS) is 10.9. The largest absolute Gasteiger partial charge is 0.379 e. The summed E-state index contributed by atoms with van der Waals surface area (Å²) in [5.74, 6) is 0.578. The fraction of sp³-hybridized carbons (Fsp3) is 0.545. The summed E-state index contributed by atoms with van der Waals surface area (Å²) in [5.41, 5.74) is 2.07. The van der Waals surface area contributed by atoms with Gasteiger partial charge in [0.1, 0.15) is 5.69 Å². The zero-order valence-electron chi connectivity index (χ0n) is 11.3. The first-order valence-corrected chi connectivity index (χ1v) is 6.76. The Morgan fingerprint density at radius 2 is 2.15 bits per heavy atom. The van der Waals surface area contributed by atoms with Crippen LogP contribution in [0.2, 0.25) is 0 Å². The van der Waals surface area contributed by atoms with Gasteiger partial charge in [-0.3, -0.25) is 10.1 Å². The molecule has 1 N–H and O–H groups in total. The molecule has 0 aliphatic carbocycles. The summed E-state index contributed by atoms with van der Waals surface area (Å²) in [7, 11) is 0. The first kappa shape index (κ1) is 14.4. The summed E-state index contributed by atoms with van der Waals surface area (Å²) in [6.45, 7) is 4.26. The first-order valence-electron chi connectivity index (χ1n) is 6.23. The number of tetrazole rings is 1. The Hall–Kier alpha value is -1.96. The van der Waals surface area contributed by atoms with Gasteiger partial charge in [-0.2, -0.15) is 4.52 Å². The van der Waals surface area contributed by atoms with Crippen LogP contribution in [0.1, 0.15) is 24.1 Å². The van der Waals surface area contributed by atoms with Crippen LogP contribution in [-0.4, -0.2) is 37.4 Å². The minimum atomic E-state index is -0.456. The van der Waals surface area contributed by atoms with E-state index in [1.165, 1.54) is 4.52 Å². The highest BCUT2D eigenvalue weighted by molar-refractivity contribution is 6.17. The number of hydrogen-bond donors (Lipinski definition) is 1. The van der Waals surface area contributed by atoms with Crippen LogP contribution >= 0.6 is 11.6 Å². The molecule has 0 fully saturated rings. The molecule has 0 spiro atoms. The quantitative estimate of drug-likeness (QED) is 0.379. The second-order valence-electron chi connectivity index (χ2n) is 4.43. The molecule has 108 valence electrons. The van der Waals surface area contributed by atoms with Crippen molar-refractivity contribution in [3.8, 4) is 0 Å². The predicted octanol–water partition coefficient (Wildman–Crippen LogP) is 2.08. The maximum atomic E-state index is 11.3. The van der Waals surface area contributed by atoms with Gasteiger partial charge in [-0.25, -0.2) is 0 Å². The summed E-state index contributed by atoms with van der Waals surface area (Å²) in [5, 5.41) is 25.5. The van der Waals surface area contributed by atoms with Crippen molar-refractivity contribution >= 4 is 28.6 Å². The highest BCUT2D eigenvalue weighted by Crippen LogP contribution is 2.33. The van der Waals surface area contributed by atoms with Gasteiger partial charge < -0.3 is 5.32 Å². The number of pyridine rings is 1. The summed E-state index contributed by atoms with van der Waals surface area (Å²) in [4.78, 5) is 10.9. The molecule has 0 atom stereocenters. The third-order valence-electron chi connectivity index (χ3n) is 3.20. The van der Waals surface area contributed by atoms with Gasteiger partial charge in [-0.05, 0) is 37.1 Å². The molecular weight excluding hydrogens is 284 g/mol. The lowest BCUT2D eigenvalue weighted by molar-refractivity contribution is -0.382. The molecule has 0 aliphatic rings. The fourth-order valence-electron chi connectivity index (χ4n) is 2.01. The molecule has 0 saturated carbocycles. The summed E-state index contributed by atoms with van der Waals surface area (Å²) < 4.78 is 1.39. The van der Waals surface area contributed by atoms with Crippen molar-refractivity contribution < 1.29 is 4.92 Å². The minimum absolute atomic E-state index is 0.0935. The fourth-order valence-corrected chi connectivity index (χ4v) is 2.20. The number of hydrogen-bond acceptors (Lipinski definition) is 6. The van der Waals surface area contributed by atoms with Crippen LogP contribution in [0.5, 0.6) is 0 Å². The van der Waals surface area contributed by atoms with E-state index in [4.69, 9.17) is 11.6 Å². The third-order valence-corrected chi connectivity index (χ3v) is 3.47. The molecule has 0 radical (unpaired) electrons. The topological polar surface area (TPSA) is 98.2 Å². The smallest absolute Gasteiger partial charge is 0.338 e. The van der Waals surface area contributed by atoms with E-state index in [9.17, 15) is 10.1 Å². The molecule has 0 unspecified atom stereocenters. The number of aryl methyl sites for hydroxylation is 1. The van der Waals surface area contributed by atoms with E-state index in [-0.39, 0.29) is 11.3 Å². The summed E-state index contributed by atoms with van der Waals surface area (Å²) in [6, 6.07) is 0. The van der Waals surface area contributed by atoms with Gasteiger partial charge in [0.2, 0.25) is 0 Å².